The fourth-order valence-corrected chi connectivity index (χ4v) is 3.33. The van der Waals surface area contributed by atoms with E-state index in [0.29, 0.717) is 16.1 Å². The number of aromatic nitrogens is 1. The summed E-state index contributed by atoms with van der Waals surface area (Å²) in [6.45, 7) is 0. The Bertz CT molecular complexity index is 828. The van der Waals surface area contributed by atoms with Crippen LogP contribution in [0, 0.1) is 3.57 Å². The number of benzene rings is 2. The smallest absolute Gasteiger partial charge is 0.196 e. The van der Waals surface area contributed by atoms with Crippen LogP contribution in [0.1, 0.15) is 15.9 Å². The van der Waals surface area contributed by atoms with E-state index in [1.807, 2.05) is 30.3 Å². The molecule has 100 valence electrons. The first-order valence-corrected chi connectivity index (χ1v) is 8.08. The van der Waals surface area contributed by atoms with Crippen LogP contribution in [0.2, 0.25) is 5.02 Å². The van der Waals surface area contributed by atoms with Crippen LogP contribution in [-0.2, 0) is 0 Å². The third kappa shape index (κ3) is 2.40. The largest absolute Gasteiger partial charge is 0.360 e. The summed E-state index contributed by atoms with van der Waals surface area (Å²) < 4.78 is 1.80. The maximum atomic E-state index is 12.7. The van der Waals surface area contributed by atoms with Crippen molar-refractivity contribution in [3.63, 3.8) is 0 Å². The van der Waals surface area contributed by atoms with Crippen LogP contribution in [0.4, 0.5) is 0 Å². The van der Waals surface area contributed by atoms with Crippen molar-refractivity contribution in [2.75, 3.05) is 0 Å². The number of H-pyrrole nitrogens is 1. The quantitative estimate of drug-likeness (QED) is 0.402. The summed E-state index contributed by atoms with van der Waals surface area (Å²) >= 11 is 11.8. The molecule has 0 radical (unpaired) electrons. The number of fused-ring (bicyclic) bond motifs is 1. The van der Waals surface area contributed by atoms with Gasteiger partial charge in [-0.2, -0.15) is 0 Å². The molecule has 0 spiro atoms. The number of nitrogens with one attached hydrogen (secondary N) is 1. The highest BCUT2D eigenvalue weighted by Gasteiger charge is 2.18. The van der Waals surface area contributed by atoms with E-state index in [2.05, 4.69) is 43.5 Å². The molecular formula is C15H8BrClINO. The van der Waals surface area contributed by atoms with Gasteiger partial charge >= 0.3 is 0 Å². The Morgan fingerprint density at radius 1 is 1.20 bits per heavy atom. The molecule has 0 atom stereocenters. The fraction of sp³-hybridized carbons (Fsp3) is 0. The first kappa shape index (κ1) is 14.1. The summed E-state index contributed by atoms with van der Waals surface area (Å²) in [5.41, 5.74) is 2.09. The number of aromatic amines is 1. The van der Waals surface area contributed by atoms with Crippen LogP contribution in [0.15, 0.2) is 47.1 Å². The van der Waals surface area contributed by atoms with Crippen molar-refractivity contribution < 1.29 is 4.79 Å². The number of carbonyl (C=O) groups excluding carboxylic acids is 1. The lowest BCUT2D eigenvalue weighted by Crippen LogP contribution is -2.02. The summed E-state index contributed by atoms with van der Waals surface area (Å²) in [4.78, 5) is 15.8. The van der Waals surface area contributed by atoms with Crippen LogP contribution < -0.4 is 0 Å². The van der Waals surface area contributed by atoms with Crippen LogP contribution in [-0.4, -0.2) is 10.8 Å². The second-order valence-electron chi connectivity index (χ2n) is 4.32. The zero-order chi connectivity index (χ0) is 14.3. The second-order valence-corrected chi connectivity index (χ2v) is 6.83. The molecule has 0 amide bonds. The van der Waals surface area contributed by atoms with Crippen LogP contribution in [0.5, 0.6) is 0 Å². The number of rotatable bonds is 2. The molecule has 0 aliphatic rings. The molecule has 0 fully saturated rings. The number of ketones is 1. The molecular weight excluding hydrogens is 452 g/mol. The number of hydrogen-bond donors (Lipinski definition) is 1. The van der Waals surface area contributed by atoms with E-state index >= 15 is 0 Å². The normalized spacial score (nSPS) is 10.9. The molecule has 1 heterocycles. The summed E-state index contributed by atoms with van der Waals surface area (Å²) in [7, 11) is 0. The molecule has 2 nitrogen and oxygen atoms in total. The van der Waals surface area contributed by atoms with Crippen molar-refractivity contribution in [1.29, 1.82) is 0 Å². The van der Waals surface area contributed by atoms with E-state index in [1.54, 1.807) is 12.3 Å². The van der Waals surface area contributed by atoms with Gasteiger partial charge in [0.1, 0.15) is 0 Å². The van der Waals surface area contributed by atoms with Crippen molar-refractivity contribution >= 4 is 66.8 Å². The molecule has 0 aliphatic carbocycles. The van der Waals surface area contributed by atoms with E-state index in [9.17, 15) is 4.79 Å². The molecule has 5 heteroatoms. The molecule has 0 saturated heterocycles. The minimum atomic E-state index is -0.0465. The van der Waals surface area contributed by atoms with Gasteiger partial charge in [0.25, 0.3) is 0 Å². The number of carbonyl (C=O) groups is 1. The minimum absolute atomic E-state index is 0.0465. The fourth-order valence-electron chi connectivity index (χ4n) is 2.14. The van der Waals surface area contributed by atoms with E-state index in [1.165, 1.54) is 0 Å². The van der Waals surface area contributed by atoms with E-state index in [-0.39, 0.29) is 5.78 Å². The summed E-state index contributed by atoms with van der Waals surface area (Å²) in [5, 5.41) is 1.35. The highest BCUT2D eigenvalue weighted by Crippen LogP contribution is 2.30. The third-order valence-electron chi connectivity index (χ3n) is 3.07. The van der Waals surface area contributed by atoms with Gasteiger partial charge in [0.05, 0.1) is 5.02 Å². The Hall–Kier alpha value is -0.850. The molecule has 1 N–H and O–H groups in total. The molecule has 0 unspecified atom stereocenters. The van der Waals surface area contributed by atoms with Crippen LogP contribution in [0.25, 0.3) is 10.9 Å². The summed E-state index contributed by atoms with van der Waals surface area (Å²) in [6, 6.07) is 11.2. The molecule has 0 aliphatic heterocycles. The first-order valence-electron chi connectivity index (χ1n) is 5.83. The van der Waals surface area contributed by atoms with Crippen molar-refractivity contribution in [2.24, 2.45) is 0 Å². The third-order valence-corrected chi connectivity index (χ3v) is 4.75. The maximum Gasteiger partial charge on any atom is 0.196 e. The Morgan fingerprint density at radius 3 is 2.80 bits per heavy atom. The summed E-state index contributed by atoms with van der Waals surface area (Å²) in [6.07, 6.45) is 1.71. The lowest BCUT2D eigenvalue weighted by Gasteiger charge is -2.04. The average molecular weight is 460 g/mol. The van der Waals surface area contributed by atoms with E-state index in [4.69, 9.17) is 11.6 Å². The molecule has 3 aromatic rings. The van der Waals surface area contributed by atoms with E-state index in [0.717, 1.165) is 18.9 Å². The lowest BCUT2D eigenvalue weighted by atomic mass is 10.0. The van der Waals surface area contributed by atoms with Gasteiger partial charge in [-0.25, -0.2) is 0 Å². The molecule has 2 aromatic carbocycles. The Balaban J connectivity index is 2.21. The van der Waals surface area contributed by atoms with E-state index < -0.39 is 0 Å². The second kappa shape index (κ2) is 5.50. The van der Waals surface area contributed by atoms with Gasteiger partial charge in [0, 0.05) is 36.3 Å². The topological polar surface area (TPSA) is 32.9 Å². The number of halogens is 3. The maximum absolute atomic E-state index is 12.7. The molecule has 20 heavy (non-hydrogen) atoms. The Morgan fingerprint density at radius 2 is 2.00 bits per heavy atom. The molecule has 1 aromatic heterocycles. The SMILES string of the molecule is O=C(c1cc(I)ccc1Br)c1c[nH]c2cccc(Cl)c12. The average Bonchev–Trinajstić information content (AvgIpc) is 2.86. The highest BCUT2D eigenvalue weighted by molar-refractivity contribution is 14.1. The number of hydrogen-bond acceptors (Lipinski definition) is 1. The van der Waals surface area contributed by atoms with Crippen molar-refractivity contribution in [3.05, 3.63) is 66.8 Å². The predicted molar refractivity (Wildman–Crippen MR) is 93.6 cm³/mol. The van der Waals surface area contributed by atoms with Gasteiger partial charge in [-0.3, -0.25) is 4.79 Å². The van der Waals surface area contributed by atoms with Gasteiger partial charge < -0.3 is 4.98 Å². The summed E-state index contributed by atoms with van der Waals surface area (Å²) in [5.74, 6) is -0.0465. The minimum Gasteiger partial charge on any atom is -0.360 e. The molecule has 0 saturated carbocycles. The standard InChI is InChI=1S/C15H8BrClINO/c16-11-5-4-8(18)6-9(11)15(20)10-7-19-13-3-1-2-12(17)14(10)13/h1-7,19H. The lowest BCUT2D eigenvalue weighted by molar-refractivity contribution is 0.103. The first-order chi connectivity index (χ1) is 9.58. The monoisotopic (exact) mass is 459 g/mol. The zero-order valence-electron chi connectivity index (χ0n) is 10.1. The highest BCUT2D eigenvalue weighted by atomic mass is 127. The van der Waals surface area contributed by atoms with Gasteiger partial charge in [-0.1, -0.05) is 33.6 Å². The molecule has 3 rings (SSSR count). The van der Waals surface area contributed by atoms with Crippen LogP contribution >= 0.6 is 50.1 Å². The van der Waals surface area contributed by atoms with Crippen LogP contribution in [0.3, 0.4) is 0 Å². The predicted octanol–water partition coefficient (Wildman–Crippen LogP) is 5.42. The van der Waals surface area contributed by atoms with Crippen molar-refractivity contribution in [1.82, 2.24) is 4.98 Å². The zero-order valence-corrected chi connectivity index (χ0v) is 14.6. The van der Waals surface area contributed by atoms with Gasteiger partial charge in [0.2, 0.25) is 0 Å². The van der Waals surface area contributed by atoms with Crippen molar-refractivity contribution in [2.45, 2.75) is 0 Å². The van der Waals surface area contributed by atoms with Gasteiger partial charge in [-0.15, -0.1) is 0 Å². The Labute approximate surface area is 142 Å². The van der Waals surface area contributed by atoms with Gasteiger partial charge in [-0.05, 0) is 52.9 Å². The van der Waals surface area contributed by atoms with Crippen molar-refractivity contribution in [3.8, 4) is 0 Å². The molecule has 0 bridgehead atoms. The Kier molecular flexibility index (Phi) is 3.88. The van der Waals surface area contributed by atoms with Gasteiger partial charge in [0.15, 0.2) is 5.78 Å².